The van der Waals surface area contributed by atoms with Crippen molar-refractivity contribution in [3.8, 4) is 5.69 Å². The van der Waals surface area contributed by atoms with Crippen LogP contribution in [-0.4, -0.2) is 20.9 Å². The van der Waals surface area contributed by atoms with Crippen LogP contribution in [0.4, 0.5) is 5.69 Å². The van der Waals surface area contributed by atoms with Crippen LogP contribution in [-0.2, 0) is 4.79 Å². The van der Waals surface area contributed by atoms with E-state index in [4.69, 9.17) is 0 Å². The van der Waals surface area contributed by atoms with E-state index < -0.39 is 0 Å². The largest absolute Gasteiger partial charge is 0.325 e. The van der Waals surface area contributed by atoms with Gasteiger partial charge in [0.05, 0.1) is 10.9 Å². The maximum atomic E-state index is 12.5. The molecule has 2 aromatic carbocycles. The normalized spacial score (nSPS) is 11.9. The molecule has 1 heterocycles. The molecule has 1 unspecified atom stereocenters. The predicted molar refractivity (Wildman–Crippen MR) is 117 cm³/mol. The van der Waals surface area contributed by atoms with Gasteiger partial charge in [0, 0.05) is 16.2 Å². The molecular weight excluding hydrogens is 438 g/mol. The Bertz CT molecular complexity index is 1060. The highest BCUT2D eigenvalue weighted by atomic mass is 79.9. The molecule has 3 rings (SSSR count). The fourth-order valence-electron chi connectivity index (χ4n) is 2.51. The van der Waals surface area contributed by atoms with Crippen molar-refractivity contribution in [1.29, 1.82) is 0 Å². The Morgan fingerprint density at radius 1 is 1.07 bits per heavy atom. The van der Waals surface area contributed by atoms with Crippen LogP contribution in [0.1, 0.15) is 18.1 Å². The quantitative estimate of drug-likeness (QED) is 0.562. The maximum Gasteiger partial charge on any atom is 0.271 e. The Morgan fingerprint density at radius 3 is 2.46 bits per heavy atom. The number of halogens is 1. The van der Waals surface area contributed by atoms with Crippen molar-refractivity contribution >= 4 is 39.3 Å². The smallest absolute Gasteiger partial charge is 0.271 e. The van der Waals surface area contributed by atoms with Crippen molar-refractivity contribution in [1.82, 2.24) is 9.78 Å². The maximum absolute atomic E-state index is 12.5. The third-order valence-electron chi connectivity index (χ3n) is 4.29. The molecule has 0 saturated heterocycles. The second-order valence-electron chi connectivity index (χ2n) is 6.45. The summed E-state index contributed by atoms with van der Waals surface area (Å²) in [6, 6.07) is 16.3. The zero-order valence-electron chi connectivity index (χ0n) is 15.8. The second kappa shape index (κ2) is 8.75. The molecule has 1 amide bonds. The minimum Gasteiger partial charge on any atom is -0.325 e. The van der Waals surface area contributed by atoms with Crippen LogP contribution in [0.25, 0.3) is 5.69 Å². The van der Waals surface area contributed by atoms with Crippen LogP contribution < -0.4 is 10.9 Å². The minimum atomic E-state index is -0.373. The number of nitrogens with one attached hydrogen (secondary N) is 1. The molecule has 0 spiro atoms. The lowest BCUT2D eigenvalue weighted by atomic mass is 10.1. The summed E-state index contributed by atoms with van der Waals surface area (Å²) in [5.41, 5.74) is 3.47. The van der Waals surface area contributed by atoms with Gasteiger partial charge in [-0.05, 0) is 74.4 Å². The lowest BCUT2D eigenvalue weighted by Crippen LogP contribution is -2.24. The topological polar surface area (TPSA) is 64.0 Å². The van der Waals surface area contributed by atoms with Crippen molar-refractivity contribution in [2.75, 3.05) is 5.32 Å². The van der Waals surface area contributed by atoms with Crippen molar-refractivity contribution in [2.24, 2.45) is 0 Å². The number of hydrogen-bond acceptors (Lipinski definition) is 4. The van der Waals surface area contributed by atoms with Crippen LogP contribution in [0.2, 0.25) is 0 Å². The van der Waals surface area contributed by atoms with Crippen LogP contribution in [0.3, 0.4) is 0 Å². The number of benzene rings is 2. The zero-order valence-corrected chi connectivity index (χ0v) is 18.2. The van der Waals surface area contributed by atoms with E-state index in [-0.39, 0.29) is 16.7 Å². The highest BCUT2D eigenvalue weighted by Crippen LogP contribution is 2.23. The van der Waals surface area contributed by atoms with Gasteiger partial charge >= 0.3 is 0 Å². The average molecular weight is 458 g/mol. The number of rotatable bonds is 5. The van der Waals surface area contributed by atoms with Crippen LogP contribution in [0, 0.1) is 13.8 Å². The molecule has 0 aliphatic carbocycles. The Morgan fingerprint density at radius 2 is 1.79 bits per heavy atom. The van der Waals surface area contributed by atoms with Gasteiger partial charge in [-0.3, -0.25) is 9.59 Å². The summed E-state index contributed by atoms with van der Waals surface area (Å²) in [5.74, 6) is -0.127. The first kappa shape index (κ1) is 20.4. The van der Waals surface area contributed by atoms with Gasteiger partial charge in [0.1, 0.15) is 5.03 Å². The summed E-state index contributed by atoms with van der Waals surface area (Å²) in [6.45, 7) is 5.83. The van der Waals surface area contributed by atoms with Gasteiger partial charge in [0.15, 0.2) is 0 Å². The summed E-state index contributed by atoms with van der Waals surface area (Å²) < 4.78 is 2.32. The third kappa shape index (κ3) is 4.91. The molecule has 0 fully saturated rings. The number of hydrogen-bond donors (Lipinski definition) is 1. The lowest BCUT2D eigenvalue weighted by Gasteiger charge is -2.13. The number of amides is 1. The fraction of sp³-hybridized carbons (Fsp3) is 0.190. The van der Waals surface area contributed by atoms with Gasteiger partial charge in [-0.15, -0.1) is 0 Å². The molecule has 28 heavy (non-hydrogen) atoms. The summed E-state index contributed by atoms with van der Waals surface area (Å²) >= 11 is 4.68. The molecule has 0 radical (unpaired) electrons. The van der Waals surface area contributed by atoms with E-state index in [1.54, 1.807) is 6.07 Å². The molecule has 5 nitrogen and oxygen atoms in total. The molecule has 0 aliphatic heterocycles. The Labute approximate surface area is 176 Å². The molecule has 0 aliphatic rings. The molecule has 1 atom stereocenters. The van der Waals surface area contributed by atoms with Gasteiger partial charge in [0.25, 0.3) is 5.56 Å². The predicted octanol–water partition coefficient (Wildman–Crippen LogP) is 4.73. The van der Waals surface area contributed by atoms with Crippen molar-refractivity contribution in [2.45, 2.75) is 31.0 Å². The van der Waals surface area contributed by atoms with Gasteiger partial charge < -0.3 is 5.32 Å². The molecule has 0 saturated carbocycles. The van der Waals surface area contributed by atoms with Crippen molar-refractivity contribution < 1.29 is 4.79 Å². The molecule has 0 bridgehead atoms. The Kier molecular flexibility index (Phi) is 6.36. The number of carbonyl (C=O) groups is 1. The van der Waals surface area contributed by atoms with E-state index in [0.29, 0.717) is 10.7 Å². The Balaban J connectivity index is 1.76. The summed E-state index contributed by atoms with van der Waals surface area (Å²) in [5, 5.41) is 7.55. The molecule has 1 aromatic heterocycles. The third-order valence-corrected chi connectivity index (χ3v) is 5.84. The van der Waals surface area contributed by atoms with E-state index in [0.717, 1.165) is 21.3 Å². The molecule has 144 valence electrons. The summed E-state index contributed by atoms with van der Waals surface area (Å²) in [7, 11) is 0. The molecule has 3 aromatic rings. The number of anilines is 1. The average Bonchev–Trinajstić information content (AvgIpc) is 2.67. The fourth-order valence-corrected chi connectivity index (χ4v) is 3.58. The van der Waals surface area contributed by atoms with Crippen LogP contribution >= 0.6 is 27.7 Å². The van der Waals surface area contributed by atoms with Crippen LogP contribution in [0.5, 0.6) is 0 Å². The zero-order chi connectivity index (χ0) is 20.3. The van der Waals surface area contributed by atoms with Gasteiger partial charge in [-0.2, -0.15) is 9.78 Å². The highest BCUT2D eigenvalue weighted by Gasteiger charge is 2.16. The number of thioether (sulfide) groups is 1. The monoisotopic (exact) mass is 457 g/mol. The molecule has 7 heteroatoms. The lowest BCUT2D eigenvalue weighted by molar-refractivity contribution is -0.115. The summed E-state index contributed by atoms with van der Waals surface area (Å²) in [6.07, 6.45) is 0. The Hall–Kier alpha value is -2.38. The first-order chi connectivity index (χ1) is 13.3. The van der Waals surface area contributed by atoms with Crippen LogP contribution in [0.15, 0.2) is 68.9 Å². The van der Waals surface area contributed by atoms with Gasteiger partial charge in [-0.1, -0.05) is 33.8 Å². The van der Waals surface area contributed by atoms with E-state index in [2.05, 4.69) is 26.3 Å². The first-order valence-electron chi connectivity index (χ1n) is 8.74. The number of nitrogens with zero attached hydrogens (tertiary/aromatic N) is 2. The van der Waals surface area contributed by atoms with E-state index >= 15 is 0 Å². The van der Waals surface area contributed by atoms with E-state index in [9.17, 15) is 9.59 Å². The second-order valence-corrected chi connectivity index (χ2v) is 8.72. The van der Waals surface area contributed by atoms with Crippen molar-refractivity contribution in [3.05, 3.63) is 80.6 Å². The number of aryl methyl sites for hydroxylation is 2. The minimum absolute atomic E-state index is 0.127. The first-order valence-corrected chi connectivity index (χ1v) is 10.4. The SMILES string of the molecule is Cc1ccc(-n2nc(SC(C)C(=O)Nc3ccc(Br)cc3)ccc2=O)cc1C. The molecular formula is C21H20BrN3O2S. The van der Waals surface area contributed by atoms with E-state index in [1.165, 1.54) is 22.5 Å². The van der Waals surface area contributed by atoms with Crippen molar-refractivity contribution in [3.63, 3.8) is 0 Å². The van der Waals surface area contributed by atoms with Gasteiger partial charge in [0.2, 0.25) is 5.91 Å². The molecule has 1 N–H and O–H groups in total. The number of aromatic nitrogens is 2. The standard InChI is InChI=1S/C21H20BrN3O2S/c1-13-4-9-18(12-14(13)2)25-20(26)11-10-19(24-25)28-15(3)21(27)23-17-7-5-16(22)6-8-17/h4-12,15H,1-3H3,(H,23,27). The van der Waals surface area contributed by atoms with Gasteiger partial charge in [-0.25, -0.2) is 0 Å². The van der Waals surface area contributed by atoms with E-state index in [1.807, 2.05) is 63.2 Å². The number of carbonyl (C=O) groups excluding carboxylic acids is 1. The summed E-state index contributed by atoms with van der Waals surface area (Å²) in [4.78, 5) is 24.7. The highest BCUT2D eigenvalue weighted by molar-refractivity contribution is 9.10.